The third kappa shape index (κ3) is 2.33. The predicted molar refractivity (Wildman–Crippen MR) is 52.3 cm³/mol. The van der Waals surface area contributed by atoms with E-state index in [2.05, 4.69) is 20.4 Å². The number of rotatable bonds is 2. The van der Waals surface area contributed by atoms with Gasteiger partial charge in [-0.2, -0.15) is 0 Å². The van der Waals surface area contributed by atoms with E-state index in [0.717, 1.165) is 12.8 Å². The lowest BCUT2D eigenvalue weighted by Gasteiger charge is -2.26. The molecule has 0 aromatic heterocycles. The molecule has 1 saturated carbocycles. The van der Waals surface area contributed by atoms with Crippen LogP contribution in [0.1, 0.15) is 33.6 Å². The second kappa shape index (κ2) is 3.52. The van der Waals surface area contributed by atoms with E-state index in [1.54, 1.807) is 0 Å². The highest BCUT2D eigenvalue weighted by atomic mass is 16.5. The smallest absolute Gasteiger partial charge is 0.302 e. The molecular formula is C11H18O2. The number of hydrogen-bond donors (Lipinski definition) is 0. The minimum Gasteiger partial charge on any atom is -0.465 e. The molecule has 1 aliphatic carbocycles. The highest BCUT2D eigenvalue weighted by Crippen LogP contribution is 2.45. The first kappa shape index (κ1) is 10.3. The van der Waals surface area contributed by atoms with E-state index in [4.69, 9.17) is 4.74 Å². The molecule has 13 heavy (non-hydrogen) atoms. The van der Waals surface area contributed by atoms with Crippen molar-refractivity contribution in [3.8, 4) is 0 Å². The Bertz CT molecular complexity index is 228. The zero-order valence-electron chi connectivity index (χ0n) is 8.72. The molecule has 74 valence electrons. The molecule has 2 nitrogen and oxygen atoms in total. The van der Waals surface area contributed by atoms with Crippen molar-refractivity contribution >= 4 is 5.97 Å². The highest BCUT2D eigenvalue weighted by molar-refractivity contribution is 5.65. The maximum Gasteiger partial charge on any atom is 0.302 e. The third-order valence-corrected chi connectivity index (χ3v) is 2.98. The number of carbonyl (C=O) groups is 1. The van der Waals surface area contributed by atoms with Crippen molar-refractivity contribution in [3.05, 3.63) is 12.2 Å². The SMILES string of the molecule is C=C1CCC(C)(C)[C@@H]1COC(C)=O. The van der Waals surface area contributed by atoms with Gasteiger partial charge in [-0.25, -0.2) is 0 Å². The van der Waals surface area contributed by atoms with Crippen LogP contribution < -0.4 is 0 Å². The Morgan fingerprint density at radius 2 is 2.31 bits per heavy atom. The van der Waals surface area contributed by atoms with E-state index in [9.17, 15) is 4.79 Å². The number of hydrogen-bond acceptors (Lipinski definition) is 2. The van der Waals surface area contributed by atoms with Crippen LogP contribution in [0.15, 0.2) is 12.2 Å². The normalized spacial score (nSPS) is 26.1. The summed E-state index contributed by atoms with van der Waals surface area (Å²) >= 11 is 0. The Balaban J connectivity index is 2.56. The molecule has 0 aromatic carbocycles. The number of esters is 1. The summed E-state index contributed by atoms with van der Waals surface area (Å²) in [4.78, 5) is 10.7. The van der Waals surface area contributed by atoms with E-state index in [0.29, 0.717) is 12.5 Å². The van der Waals surface area contributed by atoms with Gasteiger partial charge in [0.25, 0.3) is 0 Å². The Morgan fingerprint density at radius 1 is 1.69 bits per heavy atom. The standard InChI is InChI=1S/C11H18O2/c1-8-5-6-11(3,4)10(8)7-13-9(2)12/h10H,1,5-7H2,2-4H3/t10-/m1/s1. The molecule has 0 spiro atoms. The summed E-state index contributed by atoms with van der Waals surface area (Å²) in [6, 6.07) is 0. The quantitative estimate of drug-likeness (QED) is 0.484. The van der Waals surface area contributed by atoms with Crippen LogP contribution in [-0.4, -0.2) is 12.6 Å². The van der Waals surface area contributed by atoms with Gasteiger partial charge < -0.3 is 4.74 Å². The van der Waals surface area contributed by atoms with Crippen LogP contribution in [0.25, 0.3) is 0 Å². The number of ether oxygens (including phenoxy) is 1. The van der Waals surface area contributed by atoms with E-state index < -0.39 is 0 Å². The second-order valence-corrected chi connectivity index (χ2v) is 4.50. The molecule has 0 heterocycles. The molecule has 1 aliphatic rings. The predicted octanol–water partition coefficient (Wildman–Crippen LogP) is 2.54. The van der Waals surface area contributed by atoms with Gasteiger partial charge in [0, 0.05) is 12.8 Å². The van der Waals surface area contributed by atoms with Gasteiger partial charge in [0.1, 0.15) is 0 Å². The van der Waals surface area contributed by atoms with Gasteiger partial charge in [-0.05, 0) is 18.3 Å². The fourth-order valence-corrected chi connectivity index (χ4v) is 1.93. The maximum atomic E-state index is 10.7. The molecule has 0 amide bonds. The van der Waals surface area contributed by atoms with Gasteiger partial charge in [0.05, 0.1) is 6.61 Å². The van der Waals surface area contributed by atoms with Gasteiger partial charge in [-0.3, -0.25) is 4.79 Å². The van der Waals surface area contributed by atoms with Gasteiger partial charge >= 0.3 is 5.97 Å². The molecule has 1 atom stereocenters. The van der Waals surface area contributed by atoms with Gasteiger partial charge in [0.2, 0.25) is 0 Å². The monoisotopic (exact) mass is 182 g/mol. The van der Waals surface area contributed by atoms with Crippen LogP contribution in [0.5, 0.6) is 0 Å². The molecule has 0 radical (unpaired) electrons. The molecule has 0 aliphatic heterocycles. The molecule has 0 N–H and O–H groups in total. The van der Waals surface area contributed by atoms with E-state index in [-0.39, 0.29) is 11.4 Å². The molecule has 0 saturated heterocycles. The van der Waals surface area contributed by atoms with Crippen molar-refractivity contribution in [2.24, 2.45) is 11.3 Å². The lowest BCUT2D eigenvalue weighted by Crippen LogP contribution is -2.24. The minimum atomic E-state index is -0.199. The Labute approximate surface area is 80.0 Å². The van der Waals surface area contributed by atoms with E-state index >= 15 is 0 Å². The summed E-state index contributed by atoms with van der Waals surface area (Å²) in [5.74, 6) is 0.145. The van der Waals surface area contributed by atoms with Crippen molar-refractivity contribution in [3.63, 3.8) is 0 Å². The summed E-state index contributed by atoms with van der Waals surface area (Å²) in [5, 5.41) is 0. The Hall–Kier alpha value is -0.790. The highest BCUT2D eigenvalue weighted by Gasteiger charge is 2.37. The molecule has 1 rings (SSSR count). The van der Waals surface area contributed by atoms with Gasteiger partial charge in [-0.15, -0.1) is 0 Å². The summed E-state index contributed by atoms with van der Waals surface area (Å²) in [6.45, 7) is 10.4. The van der Waals surface area contributed by atoms with Crippen LogP contribution in [0.3, 0.4) is 0 Å². The van der Waals surface area contributed by atoms with Crippen LogP contribution >= 0.6 is 0 Å². The second-order valence-electron chi connectivity index (χ2n) is 4.50. The molecule has 1 fully saturated rings. The molecule has 0 unspecified atom stereocenters. The van der Waals surface area contributed by atoms with E-state index in [1.165, 1.54) is 12.5 Å². The van der Waals surface area contributed by atoms with Crippen LogP contribution in [0, 0.1) is 11.3 Å². The van der Waals surface area contributed by atoms with Crippen LogP contribution in [0.4, 0.5) is 0 Å². The van der Waals surface area contributed by atoms with Crippen LogP contribution in [0.2, 0.25) is 0 Å². The molecular weight excluding hydrogens is 164 g/mol. The third-order valence-electron chi connectivity index (χ3n) is 2.98. The van der Waals surface area contributed by atoms with Crippen molar-refractivity contribution in [1.29, 1.82) is 0 Å². The average Bonchev–Trinajstić information content (AvgIpc) is 2.23. The summed E-state index contributed by atoms with van der Waals surface area (Å²) in [7, 11) is 0. The Morgan fingerprint density at radius 3 is 2.69 bits per heavy atom. The largest absolute Gasteiger partial charge is 0.465 e. The van der Waals surface area contributed by atoms with Crippen molar-refractivity contribution < 1.29 is 9.53 Å². The lowest BCUT2D eigenvalue weighted by atomic mass is 9.81. The zero-order valence-corrected chi connectivity index (χ0v) is 8.72. The first-order chi connectivity index (χ1) is 5.93. The zero-order chi connectivity index (χ0) is 10.1. The van der Waals surface area contributed by atoms with Crippen molar-refractivity contribution in [1.82, 2.24) is 0 Å². The maximum absolute atomic E-state index is 10.7. The fourth-order valence-electron chi connectivity index (χ4n) is 1.93. The lowest BCUT2D eigenvalue weighted by molar-refractivity contribution is -0.142. The average molecular weight is 182 g/mol. The van der Waals surface area contributed by atoms with Crippen molar-refractivity contribution in [2.75, 3.05) is 6.61 Å². The summed E-state index contributed by atoms with van der Waals surface area (Å²) in [5.41, 5.74) is 1.47. The first-order valence-electron chi connectivity index (χ1n) is 4.74. The Kier molecular flexibility index (Phi) is 2.79. The van der Waals surface area contributed by atoms with Gasteiger partial charge in [-0.1, -0.05) is 26.0 Å². The first-order valence-corrected chi connectivity index (χ1v) is 4.74. The molecule has 0 bridgehead atoms. The summed E-state index contributed by atoms with van der Waals surface area (Å²) < 4.78 is 5.03. The minimum absolute atomic E-state index is 0.199. The fraction of sp³-hybridized carbons (Fsp3) is 0.727. The van der Waals surface area contributed by atoms with E-state index in [1.807, 2.05) is 0 Å². The van der Waals surface area contributed by atoms with Crippen LogP contribution in [-0.2, 0) is 9.53 Å². The summed E-state index contributed by atoms with van der Waals surface area (Å²) in [6.07, 6.45) is 2.22. The molecule has 0 aromatic rings. The topological polar surface area (TPSA) is 26.3 Å². The number of carbonyl (C=O) groups excluding carboxylic acids is 1. The molecule has 2 heteroatoms. The van der Waals surface area contributed by atoms with Crippen molar-refractivity contribution in [2.45, 2.75) is 33.6 Å². The van der Waals surface area contributed by atoms with Gasteiger partial charge in [0.15, 0.2) is 0 Å².